The summed E-state index contributed by atoms with van der Waals surface area (Å²) in [5.74, 6) is -0.384. The van der Waals surface area contributed by atoms with Crippen molar-refractivity contribution in [2.24, 2.45) is 0 Å². The lowest BCUT2D eigenvalue weighted by molar-refractivity contribution is -0.384. The molecule has 0 atom stereocenters. The van der Waals surface area contributed by atoms with Crippen molar-refractivity contribution in [2.45, 2.75) is 6.42 Å². The zero-order chi connectivity index (χ0) is 15.8. The summed E-state index contributed by atoms with van der Waals surface area (Å²) in [5.41, 5.74) is 0.237. The summed E-state index contributed by atoms with van der Waals surface area (Å²) in [4.78, 5) is 27.4. The minimum absolute atomic E-state index is 0.117. The van der Waals surface area contributed by atoms with Gasteiger partial charge in [-0.05, 0) is 15.9 Å². The van der Waals surface area contributed by atoms with E-state index >= 15 is 0 Å². The molecule has 0 aromatic carbocycles. The summed E-state index contributed by atoms with van der Waals surface area (Å²) in [7, 11) is 2.83. The Labute approximate surface area is 130 Å². The van der Waals surface area contributed by atoms with Gasteiger partial charge in [-0.3, -0.25) is 19.9 Å². The van der Waals surface area contributed by atoms with Crippen LogP contribution < -0.4 is 4.90 Å². The van der Waals surface area contributed by atoms with E-state index in [1.807, 2.05) is 0 Å². The number of pyridine rings is 1. The lowest BCUT2D eigenvalue weighted by atomic mass is 10.2. The molecule has 1 rings (SSSR count). The molecule has 0 bridgehead atoms. The fourth-order valence-corrected chi connectivity index (χ4v) is 2.30. The van der Waals surface area contributed by atoms with E-state index in [-0.39, 0.29) is 24.6 Å². The quantitative estimate of drug-likeness (QED) is 0.395. The maximum absolute atomic E-state index is 11.3. The highest BCUT2D eigenvalue weighted by Gasteiger charge is 2.23. The fourth-order valence-electron chi connectivity index (χ4n) is 1.73. The highest BCUT2D eigenvalue weighted by atomic mass is 79.9. The Morgan fingerprint density at radius 3 is 2.71 bits per heavy atom. The Morgan fingerprint density at radius 1 is 1.43 bits per heavy atom. The van der Waals surface area contributed by atoms with Gasteiger partial charge in [-0.15, -0.1) is 0 Å². The van der Waals surface area contributed by atoms with E-state index in [0.717, 1.165) is 0 Å². The van der Waals surface area contributed by atoms with E-state index < -0.39 is 4.92 Å². The molecule has 0 aliphatic carbocycles. The normalized spacial score (nSPS) is 10.2. The van der Waals surface area contributed by atoms with Gasteiger partial charge < -0.3 is 14.4 Å². The molecule has 0 radical (unpaired) electrons. The number of halogens is 1. The molecule has 9 heteroatoms. The molecule has 1 heterocycles. The molecule has 116 valence electrons. The number of ether oxygens (including phenoxy) is 2. The zero-order valence-corrected chi connectivity index (χ0v) is 13.3. The van der Waals surface area contributed by atoms with E-state index in [4.69, 9.17) is 4.74 Å². The predicted molar refractivity (Wildman–Crippen MR) is 79.3 cm³/mol. The summed E-state index contributed by atoms with van der Waals surface area (Å²) in [6.07, 6.45) is 2.77. The molecule has 0 saturated heterocycles. The van der Waals surface area contributed by atoms with Crippen molar-refractivity contribution in [3.63, 3.8) is 0 Å². The van der Waals surface area contributed by atoms with Crippen molar-refractivity contribution in [3.8, 4) is 0 Å². The van der Waals surface area contributed by atoms with Gasteiger partial charge in [0.25, 0.3) is 0 Å². The Bertz CT molecular complexity index is 512. The largest absolute Gasteiger partial charge is 0.469 e. The molecule has 0 aliphatic heterocycles. The molecule has 8 nitrogen and oxygen atoms in total. The van der Waals surface area contributed by atoms with Crippen LogP contribution in [0.2, 0.25) is 0 Å². The van der Waals surface area contributed by atoms with Crippen molar-refractivity contribution < 1.29 is 19.2 Å². The number of hydrogen-bond donors (Lipinski definition) is 0. The van der Waals surface area contributed by atoms with Crippen LogP contribution in [0.4, 0.5) is 11.4 Å². The van der Waals surface area contributed by atoms with Crippen LogP contribution in [0.15, 0.2) is 16.9 Å². The molecular weight excluding hydrogens is 346 g/mol. The fraction of sp³-hybridized carbons (Fsp3) is 0.500. The lowest BCUT2D eigenvalue weighted by Crippen LogP contribution is -2.31. The molecule has 21 heavy (non-hydrogen) atoms. The second-order valence-electron chi connectivity index (χ2n) is 4.05. The van der Waals surface area contributed by atoms with Crippen molar-refractivity contribution in [1.29, 1.82) is 0 Å². The SMILES string of the molecule is COCCN(CCC(=O)OC)c1c(Br)cncc1[N+](=O)[O-]. The van der Waals surface area contributed by atoms with Gasteiger partial charge in [-0.25, -0.2) is 0 Å². The first-order chi connectivity index (χ1) is 10.0. The molecule has 0 amide bonds. The summed E-state index contributed by atoms with van der Waals surface area (Å²) >= 11 is 3.27. The summed E-state index contributed by atoms with van der Waals surface area (Å²) in [6.45, 7) is 1.05. The van der Waals surface area contributed by atoms with Crippen LogP contribution in [-0.4, -0.2) is 49.8 Å². The molecule has 1 aromatic rings. The average Bonchev–Trinajstić information content (AvgIpc) is 2.47. The van der Waals surface area contributed by atoms with Gasteiger partial charge in [0, 0.05) is 26.4 Å². The first-order valence-electron chi connectivity index (χ1n) is 6.09. The standard InChI is InChI=1S/C12H16BrN3O5/c1-20-6-5-15(4-3-11(17)21-2)12-9(13)7-14-8-10(12)16(18)19/h7-8H,3-6H2,1-2H3. The van der Waals surface area contributed by atoms with Crippen molar-refractivity contribution in [2.75, 3.05) is 38.8 Å². The minimum atomic E-state index is -0.509. The third-order valence-electron chi connectivity index (χ3n) is 2.75. The second-order valence-corrected chi connectivity index (χ2v) is 4.91. The highest BCUT2D eigenvalue weighted by Crippen LogP contribution is 2.34. The second kappa shape index (κ2) is 8.53. The topological polar surface area (TPSA) is 94.8 Å². The number of carbonyl (C=O) groups is 1. The average molecular weight is 362 g/mol. The number of aromatic nitrogens is 1. The van der Waals surface area contributed by atoms with Crippen molar-refractivity contribution in [3.05, 3.63) is 27.0 Å². The number of nitrogens with zero attached hydrogens (tertiary/aromatic N) is 3. The van der Waals surface area contributed by atoms with Gasteiger partial charge in [0.15, 0.2) is 0 Å². The Hall–Kier alpha value is -1.74. The first kappa shape index (κ1) is 17.3. The Kier molecular flexibility index (Phi) is 7.03. The van der Waals surface area contributed by atoms with Crippen molar-refractivity contribution in [1.82, 2.24) is 4.98 Å². The molecule has 0 N–H and O–H groups in total. The summed E-state index contributed by atoms with van der Waals surface area (Å²) < 4.78 is 10.1. The van der Waals surface area contributed by atoms with Crippen LogP contribution in [0.25, 0.3) is 0 Å². The van der Waals surface area contributed by atoms with Crippen LogP contribution in [0.1, 0.15) is 6.42 Å². The van der Waals surface area contributed by atoms with Gasteiger partial charge in [0.1, 0.15) is 11.9 Å². The van der Waals surface area contributed by atoms with Crippen LogP contribution >= 0.6 is 15.9 Å². The number of esters is 1. The highest BCUT2D eigenvalue weighted by molar-refractivity contribution is 9.10. The third kappa shape index (κ3) is 4.94. The number of rotatable bonds is 8. The Balaban J connectivity index is 3.06. The van der Waals surface area contributed by atoms with Crippen LogP contribution in [-0.2, 0) is 14.3 Å². The number of methoxy groups -OCH3 is 2. The van der Waals surface area contributed by atoms with Crippen LogP contribution in [0.5, 0.6) is 0 Å². The maximum atomic E-state index is 11.3. The predicted octanol–water partition coefficient (Wildman–Crippen LogP) is 1.77. The molecular formula is C12H16BrN3O5. The van der Waals surface area contributed by atoms with Gasteiger partial charge in [-0.2, -0.15) is 0 Å². The summed E-state index contributed by atoms with van der Waals surface area (Å²) in [5, 5.41) is 11.1. The smallest absolute Gasteiger partial charge is 0.311 e. The lowest BCUT2D eigenvalue weighted by Gasteiger charge is -2.24. The molecule has 0 unspecified atom stereocenters. The monoisotopic (exact) mass is 361 g/mol. The van der Waals surface area contributed by atoms with E-state index in [9.17, 15) is 14.9 Å². The molecule has 0 aliphatic rings. The molecule has 0 saturated carbocycles. The molecule has 0 spiro atoms. The minimum Gasteiger partial charge on any atom is -0.469 e. The van der Waals surface area contributed by atoms with Gasteiger partial charge in [0.05, 0.1) is 29.5 Å². The Morgan fingerprint density at radius 2 is 2.14 bits per heavy atom. The number of anilines is 1. The van der Waals surface area contributed by atoms with E-state index in [0.29, 0.717) is 23.3 Å². The zero-order valence-electron chi connectivity index (χ0n) is 11.7. The van der Waals surface area contributed by atoms with Gasteiger partial charge in [-0.1, -0.05) is 0 Å². The maximum Gasteiger partial charge on any atom is 0.311 e. The van der Waals surface area contributed by atoms with Crippen molar-refractivity contribution >= 4 is 33.3 Å². The molecule has 0 fully saturated rings. The van der Waals surface area contributed by atoms with Crippen LogP contribution in [0.3, 0.4) is 0 Å². The third-order valence-corrected chi connectivity index (χ3v) is 3.33. The van der Waals surface area contributed by atoms with Gasteiger partial charge >= 0.3 is 11.7 Å². The van der Waals surface area contributed by atoms with E-state index in [1.165, 1.54) is 26.6 Å². The van der Waals surface area contributed by atoms with E-state index in [1.54, 1.807) is 4.90 Å². The van der Waals surface area contributed by atoms with E-state index in [2.05, 4.69) is 25.7 Å². The van der Waals surface area contributed by atoms with Gasteiger partial charge in [0.2, 0.25) is 0 Å². The molecule has 1 aromatic heterocycles. The number of hydrogen-bond acceptors (Lipinski definition) is 7. The van der Waals surface area contributed by atoms with Crippen LogP contribution in [0, 0.1) is 10.1 Å². The summed E-state index contributed by atoms with van der Waals surface area (Å²) in [6, 6.07) is 0. The number of carbonyl (C=O) groups excluding carboxylic acids is 1. The first-order valence-corrected chi connectivity index (χ1v) is 6.89. The number of nitro groups is 1.